The Balaban J connectivity index is 4.28. The van der Waals surface area contributed by atoms with E-state index in [0.717, 1.165) is 51.4 Å². The van der Waals surface area contributed by atoms with Gasteiger partial charge in [-0.2, -0.15) is 0 Å². The van der Waals surface area contributed by atoms with E-state index in [2.05, 4.69) is 38.2 Å². The minimum atomic E-state index is -1.51. The number of carbonyl (C=O) groups excluding carboxylic acids is 2. The Bertz CT molecular complexity index is 1100. The van der Waals surface area contributed by atoms with Crippen LogP contribution in [0.2, 0.25) is 0 Å². The molecule has 0 rings (SSSR count). The van der Waals surface area contributed by atoms with Gasteiger partial charge in [-0.3, -0.25) is 9.59 Å². The number of likely N-dealkylation sites (N-methyl/N-ethyl adjacent to an activating group) is 1. The molecule has 0 aromatic rings. The van der Waals surface area contributed by atoms with Crippen LogP contribution < -0.4 is 0 Å². The van der Waals surface area contributed by atoms with Crippen molar-refractivity contribution in [2.24, 2.45) is 0 Å². The highest BCUT2D eigenvalue weighted by molar-refractivity contribution is 5.71. The maximum Gasteiger partial charge on any atom is 0.361 e. The first-order valence-corrected chi connectivity index (χ1v) is 27.0. The third-order valence-electron chi connectivity index (χ3n) is 12.0. The predicted molar refractivity (Wildman–Crippen MR) is 268 cm³/mol. The monoisotopic (exact) mass is 907 g/mol. The normalized spacial score (nSPS) is 13.0. The number of carbonyl (C=O) groups is 3. The fraction of sp³-hybridized carbons (Fsp3) is 0.873. The molecule has 1 N–H and O–H groups in total. The summed E-state index contributed by atoms with van der Waals surface area (Å²) < 4.78 is 22.9. The quantitative estimate of drug-likeness (QED) is 0.0211. The number of allylic oxidation sites excluding steroid dienone is 4. The van der Waals surface area contributed by atoms with Gasteiger partial charge in [-0.05, 0) is 44.9 Å². The van der Waals surface area contributed by atoms with Crippen LogP contribution in [0.1, 0.15) is 251 Å². The average Bonchev–Trinajstić information content (AvgIpc) is 3.26. The lowest BCUT2D eigenvalue weighted by atomic mass is 10.0. The topological polar surface area (TPSA) is 108 Å². The van der Waals surface area contributed by atoms with Crippen LogP contribution in [0, 0.1) is 0 Å². The molecule has 64 heavy (non-hydrogen) atoms. The van der Waals surface area contributed by atoms with Gasteiger partial charge in [0.1, 0.15) is 13.2 Å². The van der Waals surface area contributed by atoms with E-state index in [1.807, 2.05) is 21.1 Å². The number of unbranched alkanes of at least 4 members (excludes halogenated alkanes) is 31. The van der Waals surface area contributed by atoms with Gasteiger partial charge in [0, 0.05) is 12.8 Å². The number of carboxylic acid groups (broad SMARTS) is 1. The molecule has 0 spiro atoms. The van der Waals surface area contributed by atoms with E-state index in [1.165, 1.54) is 173 Å². The van der Waals surface area contributed by atoms with E-state index in [0.29, 0.717) is 17.4 Å². The van der Waals surface area contributed by atoms with Crippen molar-refractivity contribution in [1.82, 2.24) is 0 Å². The third kappa shape index (κ3) is 47.7. The molecule has 0 saturated heterocycles. The SMILES string of the molecule is CCCCC/C=C\C/C=C\CCCCCCCCCCCC(=O)OC(COC(=O)CCCCCCCCCCCCCCCCCCCCCC)COC(OCC[N+](C)(C)C)C(=O)O. The molecular formula is C55H104NO8+. The zero-order valence-corrected chi connectivity index (χ0v) is 42.7. The fourth-order valence-corrected chi connectivity index (χ4v) is 7.75. The molecule has 0 amide bonds. The van der Waals surface area contributed by atoms with Crippen LogP contribution in [-0.4, -0.2) is 87.4 Å². The van der Waals surface area contributed by atoms with Crippen molar-refractivity contribution in [3.63, 3.8) is 0 Å². The number of aliphatic carboxylic acids is 1. The smallest absolute Gasteiger partial charge is 0.361 e. The molecule has 2 unspecified atom stereocenters. The number of quaternary nitrogens is 1. The molecule has 0 fully saturated rings. The van der Waals surface area contributed by atoms with Crippen molar-refractivity contribution >= 4 is 17.9 Å². The summed E-state index contributed by atoms with van der Waals surface area (Å²) >= 11 is 0. The van der Waals surface area contributed by atoms with E-state index < -0.39 is 24.3 Å². The number of rotatable bonds is 50. The van der Waals surface area contributed by atoms with Crippen LogP contribution >= 0.6 is 0 Å². The van der Waals surface area contributed by atoms with Gasteiger partial charge >= 0.3 is 17.9 Å². The van der Waals surface area contributed by atoms with Crippen LogP contribution in [0.4, 0.5) is 0 Å². The second kappa shape index (κ2) is 47.3. The van der Waals surface area contributed by atoms with Gasteiger partial charge in [0.2, 0.25) is 0 Å². The van der Waals surface area contributed by atoms with Crippen molar-refractivity contribution in [3.8, 4) is 0 Å². The van der Waals surface area contributed by atoms with Gasteiger partial charge in [-0.25, -0.2) is 4.79 Å². The number of carboxylic acids is 1. The first kappa shape index (κ1) is 61.8. The van der Waals surface area contributed by atoms with E-state index in [9.17, 15) is 19.5 Å². The van der Waals surface area contributed by atoms with E-state index in [-0.39, 0.29) is 32.2 Å². The summed E-state index contributed by atoms with van der Waals surface area (Å²) in [6, 6.07) is 0. The second-order valence-corrected chi connectivity index (χ2v) is 19.5. The highest BCUT2D eigenvalue weighted by atomic mass is 16.7. The van der Waals surface area contributed by atoms with Gasteiger partial charge in [-0.1, -0.05) is 218 Å². The minimum absolute atomic E-state index is 0.179. The molecule has 0 aliphatic carbocycles. The Morgan fingerprint density at radius 3 is 1.27 bits per heavy atom. The summed E-state index contributed by atoms with van der Waals surface area (Å²) in [6.07, 6.45) is 50.9. The lowest BCUT2D eigenvalue weighted by Gasteiger charge is -2.25. The molecule has 0 radical (unpaired) electrons. The van der Waals surface area contributed by atoms with Crippen LogP contribution in [0.25, 0.3) is 0 Å². The van der Waals surface area contributed by atoms with Gasteiger partial charge in [-0.15, -0.1) is 0 Å². The Labute approximate surface area is 395 Å². The largest absolute Gasteiger partial charge is 0.477 e. The van der Waals surface area contributed by atoms with Gasteiger partial charge < -0.3 is 28.5 Å². The second-order valence-electron chi connectivity index (χ2n) is 19.5. The molecule has 2 atom stereocenters. The van der Waals surface area contributed by atoms with Crippen molar-refractivity contribution in [3.05, 3.63) is 24.3 Å². The number of esters is 2. The van der Waals surface area contributed by atoms with E-state index in [4.69, 9.17) is 18.9 Å². The summed E-state index contributed by atoms with van der Waals surface area (Å²) in [5.74, 6) is -1.99. The molecule has 9 nitrogen and oxygen atoms in total. The molecule has 9 heteroatoms. The number of ether oxygens (including phenoxy) is 4. The van der Waals surface area contributed by atoms with Crippen LogP contribution in [0.5, 0.6) is 0 Å². The maximum atomic E-state index is 12.8. The fourth-order valence-electron chi connectivity index (χ4n) is 7.75. The van der Waals surface area contributed by atoms with Crippen LogP contribution in [0.15, 0.2) is 24.3 Å². The first-order valence-electron chi connectivity index (χ1n) is 27.0. The Morgan fingerprint density at radius 2 is 0.844 bits per heavy atom. The molecule has 0 bridgehead atoms. The Hall–Kier alpha value is -2.23. The van der Waals surface area contributed by atoms with Crippen molar-refractivity contribution in [2.75, 3.05) is 47.5 Å². The lowest BCUT2D eigenvalue weighted by molar-refractivity contribution is -0.870. The van der Waals surface area contributed by atoms with Gasteiger partial charge in [0.15, 0.2) is 6.10 Å². The molecule has 0 heterocycles. The van der Waals surface area contributed by atoms with Crippen molar-refractivity contribution < 1.29 is 42.9 Å². The summed E-state index contributed by atoms with van der Waals surface area (Å²) in [4.78, 5) is 37.3. The summed E-state index contributed by atoms with van der Waals surface area (Å²) in [7, 11) is 5.97. The third-order valence-corrected chi connectivity index (χ3v) is 12.0. The van der Waals surface area contributed by atoms with Gasteiger partial charge in [0.05, 0.1) is 34.4 Å². The van der Waals surface area contributed by atoms with Crippen LogP contribution in [-0.2, 0) is 33.3 Å². The highest BCUT2D eigenvalue weighted by Crippen LogP contribution is 2.17. The summed E-state index contributed by atoms with van der Waals surface area (Å²) in [5, 5.41) is 9.68. The predicted octanol–water partition coefficient (Wildman–Crippen LogP) is 15.2. The standard InChI is InChI=1S/C55H103NO8/c1-6-8-10-12-14-16-18-20-22-24-26-28-29-31-33-35-37-39-41-43-45-52(57)62-49-51(50-63-55(54(59)60)61-48-47-56(3,4)5)64-53(58)46-44-42-40-38-36-34-32-30-27-25-23-21-19-17-15-13-11-9-7-2/h15,17,21,23,51,55H,6-14,16,18-20,22,24-50H2,1-5H3/p+1/b17-15-,23-21-. The lowest BCUT2D eigenvalue weighted by Crippen LogP contribution is -2.40. The number of hydrogen-bond acceptors (Lipinski definition) is 7. The minimum Gasteiger partial charge on any atom is -0.477 e. The number of hydrogen-bond donors (Lipinski definition) is 1. The molecule has 376 valence electrons. The average molecular weight is 907 g/mol. The Kier molecular flexibility index (Phi) is 45.6. The van der Waals surface area contributed by atoms with Crippen molar-refractivity contribution in [1.29, 1.82) is 0 Å². The molecular weight excluding hydrogens is 803 g/mol. The highest BCUT2D eigenvalue weighted by Gasteiger charge is 2.25. The summed E-state index contributed by atoms with van der Waals surface area (Å²) in [6.45, 7) is 4.89. The zero-order chi connectivity index (χ0) is 47.0. The Morgan fingerprint density at radius 1 is 0.469 bits per heavy atom. The molecule has 0 aromatic carbocycles. The van der Waals surface area contributed by atoms with Crippen LogP contribution in [0.3, 0.4) is 0 Å². The van der Waals surface area contributed by atoms with E-state index >= 15 is 0 Å². The first-order chi connectivity index (χ1) is 31.1. The summed E-state index contributed by atoms with van der Waals surface area (Å²) in [5.41, 5.74) is 0. The molecule has 0 aromatic heterocycles. The molecule has 0 saturated carbocycles. The zero-order valence-electron chi connectivity index (χ0n) is 42.7. The maximum absolute atomic E-state index is 12.8. The molecule has 0 aliphatic rings. The van der Waals surface area contributed by atoms with Gasteiger partial charge in [0.25, 0.3) is 6.29 Å². The van der Waals surface area contributed by atoms with E-state index in [1.54, 1.807) is 0 Å². The number of nitrogens with zero attached hydrogens (tertiary/aromatic N) is 1. The van der Waals surface area contributed by atoms with Crippen molar-refractivity contribution in [2.45, 2.75) is 264 Å². The molecule has 0 aliphatic heterocycles.